The van der Waals surface area contributed by atoms with Crippen LogP contribution in [-0.2, 0) is 21.4 Å². The highest BCUT2D eigenvalue weighted by Gasteiger charge is 2.31. The predicted molar refractivity (Wildman–Crippen MR) is 127 cm³/mol. The SMILES string of the molecule is CCOc1ccc(NS(=O)(=O)c2cc3c(cc2C)N(Cc2noc(C4CCC4)n2)C(=O)CO3)cc1. The molecule has 1 fully saturated rings. The number of sulfonamides is 1. The molecule has 0 atom stereocenters. The summed E-state index contributed by atoms with van der Waals surface area (Å²) in [6.07, 6.45) is 3.21. The summed E-state index contributed by atoms with van der Waals surface area (Å²) in [4.78, 5) is 18.7. The van der Waals surface area contributed by atoms with Gasteiger partial charge in [-0.3, -0.25) is 14.4 Å². The molecule has 1 aliphatic heterocycles. The van der Waals surface area contributed by atoms with Crippen LogP contribution in [0, 0.1) is 6.92 Å². The first kappa shape index (κ1) is 23.2. The third-order valence-electron chi connectivity index (χ3n) is 6.14. The second kappa shape index (κ2) is 9.21. The molecule has 2 aliphatic rings. The number of hydrogen-bond donors (Lipinski definition) is 1. The minimum atomic E-state index is -3.91. The maximum Gasteiger partial charge on any atom is 0.265 e. The van der Waals surface area contributed by atoms with Crippen molar-refractivity contribution in [1.29, 1.82) is 0 Å². The van der Waals surface area contributed by atoms with Crippen molar-refractivity contribution in [3.05, 3.63) is 53.7 Å². The van der Waals surface area contributed by atoms with Crippen LogP contribution in [0.4, 0.5) is 11.4 Å². The van der Waals surface area contributed by atoms with Crippen LogP contribution in [0.25, 0.3) is 0 Å². The number of anilines is 2. The first-order valence-corrected chi connectivity index (χ1v) is 13.0. The Morgan fingerprint density at radius 2 is 1.97 bits per heavy atom. The van der Waals surface area contributed by atoms with Crippen LogP contribution in [0.15, 0.2) is 45.8 Å². The number of rotatable bonds is 8. The maximum absolute atomic E-state index is 13.1. The van der Waals surface area contributed by atoms with E-state index >= 15 is 0 Å². The van der Waals surface area contributed by atoms with Gasteiger partial charge in [-0.05, 0) is 62.6 Å². The Morgan fingerprint density at radius 3 is 2.66 bits per heavy atom. The lowest BCUT2D eigenvalue weighted by Crippen LogP contribution is -2.38. The average Bonchev–Trinajstić information content (AvgIpc) is 3.23. The summed E-state index contributed by atoms with van der Waals surface area (Å²) in [6.45, 7) is 3.97. The van der Waals surface area contributed by atoms with Gasteiger partial charge in [0.15, 0.2) is 12.4 Å². The van der Waals surface area contributed by atoms with E-state index in [4.69, 9.17) is 14.0 Å². The number of benzene rings is 2. The molecule has 5 rings (SSSR count). The van der Waals surface area contributed by atoms with E-state index in [1.54, 1.807) is 37.3 Å². The number of nitrogens with one attached hydrogen (secondary N) is 1. The molecule has 1 aromatic heterocycles. The molecule has 0 radical (unpaired) electrons. The molecule has 3 aromatic rings. The Bertz CT molecular complexity index is 1350. The largest absolute Gasteiger partial charge is 0.494 e. The summed E-state index contributed by atoms with van der Waals surface area (Å²) in [5, 5.41) is 4.03. The highest BCUT2D eigenvalue weighted by Crippen LogP contribution is 2.38. The van der Waals surface area contributed by atoms with Gasteiger partial charge in [0, 0.05) is 17.7 Å². The molecule has 35 heavy (non-hydrogen) atoms. The molecule has 0 spiro atoms. The van der Waals surface area contributed by atoms with Gasteiger partial charge in [0.1, 0.15) is 11.5 Å². The molecule has 2 heterocycles. The van der Waals surface area contributed by atoms with Gasteiger partial charge in [0.25, 0.3) is 15.9 Å². The van der Waals surface area contributed by atoms with Crippen LogP contribution >= 0.6 is 0 Å². The zero-order valence-electron chi connectivity index (χ0n) is 19.5. The number of carbonyl (C=O) groups excluding carboxylic acids is 1. The topological polar surface area (TPSA) is 124 Å². The molecule has 184 valence electrons. The van der Waals surface area contributed by atoms with Crippen LogP contribution in [0.5, 0.6) is 11.5 Å². The van der Waals surface area contributed by atoms with Crippen LogP contribution in [0.2, 0.25) is 0 Å². The first-order valence-electron chi connectivity index (χ1n) is 11.5. The van der Waals surface area contributed by atoms with E-state index in [1.165, 1.54) is 11.0 Å². The zero-order chi connectivity index (χ0) is 24.6. The van der Waals surface area contributed by atoms with Gasteiger partial charge in [0.05, 0.1) is 23.7 Å². The number of carbonyl (C=O) groups is 1. The van der Waals surface area contributed by atoms with Crippen molar-refractivity contribution in [2.75, 3.05) is 22.8 Å². The number of ether oxygens (including phenoxy) is 2. The molecule has 1 amide bonds. The third-order valence-corrected chi connectivity index (χ3v) is 7.67. The first-order chi connectivity index (χ1) is 16.8. The summed E-state index contributed by atoms with van der Waals surface area (Å²) in [6, 6.07) is 9.74. The fourth-order valence-electron chi connectivity index (χ4n) is 4.09. The van der Waals surface area contributed by atoms with E-state index < -0.39 is 10.0 Å². The Morgan fingerprint density at radius 1 is 1.20 bits per heavy atom. The lowest BCUT2D eigenvalue weighted by atomic mass is 9.85. The van der Waals surface area contributed by atoms with E-state index in [9.17, 15) is 13.2 Å². The predicted octanol–water partition coefficient (Wildman–Crippen LogP) is 3.77. The molecule has 0 unspecified atom stereocenters. The van der Waals surface area contributed by atoms with Crippen molar-refractivity contribution >= 4 is 27.3 Å². The maximum atomic E-state index is 13.1. The fraction of sp³-hybridized carbons (Fsp3) is 0.375. The van der Waals surface area contributed by atoms with Gasteiger partial charge in [-0.2, -0.15) is 4.98 Å². The molecule has 0 bridgehead atoms. The summed E-state index contributed by atoms with van der Waals surface area (Å²) in [5.41, 5.74) is 1.34. The zero-order valence-corrected chi connectivity index (χ0v) is 20.3. The van der Waals surface area contributed by atoms with Gasteiger partial charge in [-0.1, -0.05) is 11.6 Å². The quantitative estimate of drug-likeness (QED) is 0.498. The number of amides is 1. The number of nitrogens with zero attached hydrogens (tertiary/aromatic N) is 3. The number of aromatic nitrogens is 2. The van der Waals surface area contributed by atoms with E-state index in [1.807, 2.05) is 6.92 Å². The summed E-state index contributed by atoms with van der Waals surface area (Å²) in [5.74, 6) is 1.98. The molecular formula is C24H26N4O6S. The molecule has 2 aromatic carbocycles. The number of aryl methyl sites for hydroxylation is 1. The summed E-state index contributed by atoms with van der Waals surface area (Å²) in [7, 11) is -3.91. The highest BCUT2D eigenvalue weighted by molar-refractivity contribution is 7.92. The second-order valence-electron chi connectivity index (χ2n) is 8.59. The molecule has 0 saturated heterocycles. The molecular weight excluding hydrogens is 472 g/mol. The van der Waals surface area contributed by atoms with E-state index in [2.05, 4.69) is 14.9 Å². The van der Waals surface area contributed by atoms with Gasteiger partial charge < -0.3 is 14.0 Å². The lowest BCUT2D eigenvalue weighted by Gasteiger charge is -2.29. The van der Waals surface area contributed by atoms with Gasteiger partial charge >= 0.3 is 0 Å². The van der Waals surface area contributed by atoms with Crippen molar-refractivity contribution in [3.8, 4) is 11.5 Å². The van der Waals surface area contributed by atoms with Crippen LogP contribution in [-0.4, -0.2) is 37.7 Å². The summed E-state index contributed by atoms with van der Waals surface area (Å²) >= 11 is 0. The Balaban J connectivity index is 1.39. The molecule has 1 N–H and O–H groups in total. The average molecular weight is 499 g/mol. The van der Waals surface area contributed by atoms with E-state index in [0.717, 1.165) is 19.3 Å². The minimum absolute atomic E-state index is 0.0614. The monoisotopic (exact) mass is 498 g/mol. The minimum Gasteiger partial charge on any atom is -0.494 e. The number of hydrogen-bond acceptors (Lipinski definition) is 8. The van der Waals surface area contributed by atoms with Crippen LogP contribution in [0.1, 0.15) is 49.4 Å². The summed E-state index contributed by atoms with van der Waals surface area (Å²) < 4.78 is 45.2. The highest BCUT2D eigenvalue weighted by atomic mass is 32.2. The smallest absolute Gasteiger partial charge is 0.265 e. The van der Waals surface area contributed by atoms with Crippen molar-refractivity contribution in [3.63, 3.8) is 0 Å². The second-order valence-corrected chi connectivity index (χ2v) is 10.2. The fourth-order valence-corrected chi connectivity index (χ4v) is 5.39. The van der Waals surface area contributed by atoms with E-state index in [0.29, 0.717) is 52.7 Å². The standard InChI is InChI=1S/C24H26N4O6S/c1-3-32-18-9-7-17(8-10-18)27-35(30,31)21-12-20-19(11-15(21)2)28(23(29)14-33-20)13-22-25-24(34-26-22)16-5-4-6-16/h7-12,16,27H,3-6,13-14H2,1-2H3. The lowest BCUT2D eigenvalue weighted by molar-refractivity contribution is -0.121. The Hall–Kier alpha value is -3.60. The van der Waals surface area contributed by atoms with Crippen molar-refractivity contribution < 1.29 is 27.2 Å². The number of fused-ring (bicyclic) bond motifs is 1. The molecule has 1 saturated carbocycles. The van der Waals surface area contributed by atoms with Gasteiger partial charge in [-0.25, -0.2) is 8.42 Å². The van der Waals surface area contributed by atoms with Crippen molar-refractivity contribution in [2.45, 2.75) is 50.5 Å². The van der Waals surface area contributed by atoms with Crippen LogP contribution in [0.3, 0.4) is 0 Å². The molecule has 1 aliphatic carbocycles. The van der Waals surface area contributed by atoms with Crippen molar-refractivity contribution in [2.24, 2.45) is 0 Å². The Labute approximate surface area is 203 Å². The normalized spacial score (nSPS) is 15.8. The van der Waals surface area contributed by atoms with Gasteiger partial charge in [-0.15, -0.1) is 0 Å². The van der Waals surface area contributed by atoms with Crippen LogP contribution < -0.4 is 19.1 Å². The van der Waals surface area contributed by atoms with Crippen molar-refractivity contribution in [1.82, 2.24) is 10.1 Å². The Kier molecular flexibility index (Phi) is 6.10. The molecule has 10 nitrogen and oxygen atoms in total. The third kappa shape index (κ3) is 4.68. The van der Waals surface area contributed by atoms with Gasteiger partial charge in [0.2, 0.25) is 5.89 Å². The molecule has 11 heteroatoms. The van der Waals surface area contributed by atoms with E-state index in [-0.39, 0.29) is 24.0 Å².